The molecule has 1 aliphatic rings. The number of nitrogens with zero attached hydrogens (tertiary/aromatic N) is 2. The van der Waals surface area contributed by atoms with Crippen molar-refractivity contribution in [3.8, 4) is 0 Å². The van der Waals surface area contributed by atoms with E-state index in [1.807, 2.05) is 6.20 Å². The molecule has 18 heavy (non-hydrogen) atoms. The summed E-state index contributed by atoms with van der Waals surface area (Å²) in [6.45, 7) is 3.17. The summed E-state index contributed by atoms with van der Waals surface area (Å²) < 4.78 is 2.34. The van der Waals surface area contributed by atoms with Crippen LogP contribution in [0.25, 0.3) is 0 Å². The quantitative estimate of drug-likeness (QED) is 0.874. The minimum absolute atomic E-state index is 0.306. The number of imidazole rings is 1. The molecule has 0 bridgehead atoms. The Labute approximate surface area is 108 Å². The van der Waals surface area contributed by atoms with Gasteiger partial charge < -0.3 is 10.3 Å². The van der Waals surface area contributed by atoms with E-state index in [1.54, 1.807) is 0 Å². The molecule has 3 rings (SSSR count). The summed E-state index contributed by atoms with van der Waals surface area (Å²) in [5.41, 5.74) is 9.98. The lowest BCUT2D eigenvalue weighted by atomic mass is 10.0. The smallest absolute Gasteiger partial charge is 0.113 e. The van der Waals surface area contributed by atoms with Crippen LogP contribution in [0.2, 0.25) is 0 Å². The molecule has 2 aromatic rings. The molecule has 0 radical (unpaired) electrons. The molecular weight excluding hydrogens is 222 g/mol. The topological polar surface area (TPSA) is 43.8 Å². The average Bonchev–Trinajstić information content (AvgIpc) is 2.74. The first kappa shape index (κ1) is 11.5. The van der Waals surface area contributed by atoms with Gasteiger partial charge in [0.05, 0.1) is 0 Å². The van der Waals surface area contributed by atoms with E-state index in [9.17, 15) is 0 Å². The van der Waals surface area contributed by atoms with Crippen LogP contribution in [0.5, 0.6) is 0 Å². The molecule has 0 amide bonds. The van der Waals surface area contributed by atoms with Crippen LogP contribution in [-0.2, 0) is 19.4 Å². The second-order valence-corrected chi connectivity index (χ2v) is 5.17. The van der Waals surface area contributed by atoms with Gasteiger partial charge in [-0.15, -0.1) is 0 Å². The van der Waals surface area contributed by atoms with E-state index in [4.69, 9.17) is 5.73 Å². The van der Waals surface area contributed by atoms with Crippen LogP contribution in [0, 0.1) is 6.92 Å². The van der Waals surface area contributed by atoms with Gasteiger partial charge in [0.15, 0.2) is 0 Å². The van der Waals surface area contributed by atoms with E-state index in [2.05, 4.69) is 40.7 Å². The Balaban J connectivity index is 1.88. The highest BCUT2D eigenvalue weighted by Crippen LogP contribution is 2.19. The Hall–Kier alpha value is -1.61. The van der Waals surface area contributed by atoms with Crippen molar-refractivity contribution in [3.63, 3.8) is 0 Å². The minimum Gasteiger partial charge on any atom is -0.332 e. The van der Waals surface area contributed by atoms with E-state index in [-0.39, 0.29) is 0 Å². The third kappa shape index (κ3) is 2.06. The molecule has 0 saturated carbocycles. The number of rotatable bonds is 2. The Morgan fingerprint density at radius 3 is 3.06 bits per heavy atom. The number of fused-ring (bicyclic) bond motifs is 1. The summed E-state index contributed by atoms with van der Waals surface area (Å²) in [6, 6.07) is 8.83. The maximum atomic E-state index is 5.99. The first-order valence-electron chi connectivity index (χ1n) is 6.57. The van der Waals surface area contributed by atoms with Gasteiger partial charge >= 0.3 is 0 Å². The first-order chi connectivity index (χ1) is 8.74. The average molecular weight is 241 g/mol. The fourth-order valence-corrected chi connectivity index (χ4v) is 2.68. The molecule has 3 heteroatoms. The zero-order valence-corrected chi connectivity index (χ0v) is 10.8. The molecule has 3 nitrogen and oxygen atoms in total. The second-order valence-electron chi connectivity index (χ2n) is 5.17. The van der Waals surface area contributed by atoms with Crippen LogP contribution < -0.4 is 5.73 Å². The summed E-state index contributed by atoms with van der Waals surface area (Å²) in [6.07, 6.45) is 4.93. The van der Waals surface area contributed by atoms with Crippen molar-refractivity contribution in [2.24, 2.45) is 5.73 Å². The van der Waals surface area contributed by atoms with Crippen molar-refractivity contribution in [2.75, 3.05) is 0 Å². The Morgan fingerprint density at radius 1 is 1.39 bits per heavy atom. The van der Waals surface area contributed by atoms with Gasteiger partial charge in [0, 0.05) is 37.3 Å². The minimum atomic E-state index is 0.306. The van der Waals surface area contributed by atoms with Gasteiger partial charge in [-0.25, -0.2) is 4.98 Å². The number of nitrogens with two attached hydrogens (primary N) is 1. The Morgan fingerprint density at radius 2 is 2.22 bits per heavy atom. The number of aromatic nitrogens is 2. The molecule has 1 aromatic heterocycles. The third-order valence-corrected chi connectivity index (χ3v) is 3.83. The standard InChI is InChI=1S/C15H19N3/c1-11-4-2-3-5-12(11)8-15-17-10-14-9-13(16)6-7-18(14)15/h2-5,10,13H,6-9,16H2,1H3. The SMILES string of the molecule is Cc1ccccc1Cc1ncc2n1CCC(N)C2. The van der Waals surface area contributed by atoms with Gasteiger partial charge in [-0.1, -0.05) is 24.3 Å². The van der Waals surface area contributed by atoms with E-state index in [1.165, 1.54) is 22.6 Å². The lowest BCUT2D eigenvalue weighted by Gasteiger charge is -2.22. The second kappa shape index (κ2) is 4.58. The molecule has 0 fully saturated rings. The molecule has 1 aliphatic heterocycles. The van der Waals surface area contributed by atoms with E-state index in [0.29, 0.717) is 6.04 Å². The van der Waals surface area contributed by atoms with Crippen molar-refractivity contribution in [1.29, 1.82) is 0 Å². The predicted molar refractivity (Wildman–Crippen MR) is 72.5 cm³/mol. The van der Waals surface area contributed by atoms with Gasteiger partial charge in [-0.3, -0.25) is 0 Å². The highest BCUT2D eigenvalue weighted by Gasteiger charge is 2.18. The summed E-state index contributed by atoms with van der Waals surface area (Å²) in [5.74, 6) is 1.17. The zero-order valence-electron chi connectivity index (χ0n) is 10.8. The van der Waals surface area contributed by atoms with Crippen molar-refractivity contribution >= 4 is 0 Å². The van der Waals surface area contributed by atoms with Gasteiger partial charge in [0.25, 0.3) is 0 Å². The van der Waals surface area contributed by atoms with Gasteiger partial charge in [-0.2, -0.15) is 0 Å². The fourth-order valence-electron chi connectivity index (χ4n) is 2.68. The normalized spacial score (nSPS) is 18.7. The number of aryl methyl sites for hydroxylation is 1. The lowest BCUT2D eigenvalue weighted by molar-refractivity contribution is 0.462. The fraction of sp³-hybridized carbons (Fsp3) is 0.400. The summed E-state index contributed by atoms with van der Waals surface area (Å²) in [5, 5.41) is 0. The van der Waals surface area contributed by atoms with Gasteiger partial charge in [-0.05, 0) is 24.5 Å². The molecule has 0 spiro atoms. The van der Waals surface area contributed by atoms with E-state index >= 15 is 0 Å². The van der Waals surface area contributed by atoms with Crippen molar-refractivity contribution < 1.29 is 0 Å². The van der Waals surface area contributed by atoms with Crippen molar-refractivity contribution in [1.82, 2.24) is 9.55 Å². The van der Waals surface area contributed by atoms with Crippen LogP contribution >= 0.6 is 0 Å². The van der Waals surface area contributed by atoms with Crippen LogP contribution in [0.1, 0.15) is 29.1 Å². The van der Waals surface area contributed by atoms with Gasteiger partial charge in [0.2, 0.25) is 0 Å². The summed E-state index contributed by atoms with van der Waals surface area (Å²) >= 11 is 0. The maximum Gasteiger partial charge on any atom is 0.113 e. The number of hydrogen-bond acceptors (Lipinski definition) is 2. The molecule has 0 saturated heterocycles. The summed E-state index contributed by atoms with van der Waals surface area (Å²) in [7, 11) is 0. The predicted octanol–water partition coefficient (Wildman–Crippen LogP) is 2.06. The Bertz CT molecular complexity index is 557. The van der Waals surface area contributed by atoms with Crippen molar-refractivity contribution in [2.45, 2.75) is 38.8 Å². The third-order valence-electron chi connectivity index (χ3n) is 3.83. The monoisotopic (exact) mass is 241 g/mol. The molecule has 1 aromatic carbocycles. The van der Waals surface area contributed by atoms with Crippen LogP contribution in [0.4, 0.5) is 0 Å². The first-order valence-corrected chi connectivity index (χ1v) is 6.57. The van der Waals surface area contributed by atoms with Crippen LogP contribution in [-0.4, -0.2) is 15.6 Å². The highest BCUT2D eigenvalue weighted by molar-refractivity contribution is 5.29. The largest absolute Gasteiger partial charge is 0.332 e. The van der Waals surface area contributed by atoms with Gasteiger partial charge in [0.1, 0.15) is 5.82 Å². The molecule has 2 heterocycles. The maximum absolute atomic E-state index is 5.99. The highest BCUT2D eigenvalue weighted by atomic mass is 15.1. The van der Waals surface area contributed by atoms with E-state index < -0.39 is 0 Å². The molecule has 1 atom stereocenters. The molecular formula is C15H19N3. The molecule has 94 valence electrons. The summed E-state index contributed by atoms with van der Waals surface area (Å²) in [4.78, 5) is 4.58. The lowest BCUT2D eigenvalue weighted by Crippen LogP contribution is -2.31. The molecule has 0 aliphatic carbocycles. The van der Waals surface area contributed by atoms with E-state index in [0.717, 1.165) is 25.8 Å². The van der Waals surface area contributed by atoms with Crippen LogP contribution in [0.15, 0.2) is 30.5 Å². The van der Waals surface area contributed by atoms with Crippen molar-refractivity contribution in [3.05, 3.63) is 53.1 Å². The number of benzene rings is 1. The van der Waals surface area contributed by atoms with Crippen LogP contribution in [0.3, 0.4) is 0 Å². The number of hydrogen-bond donors (Lipinski definition) is 1. The molecule has 1 unspecified atom stereocenters. The zero-order chi connectivity index (χ0) is 12.5. The Kier molecular flexibility index (Phi) is 2.92. The molecule has 2 N–H and O–H groups in total.